The summed E-state index contributed by atoms with van der Waals surface area (Å²) in [5.41, 5.74) is 2.66. The van der Waals surface area contributed by atoms with Crippen molar-refractivity contribution < 1.29 is 9.53 Å². The number of fused-ring (bicyclic) bond motifs is 1. The molecule has 0 saturated heterocycles. The Bertz CT molecular complexity index is 888. The number of aromatic nitrogens is 2. The molecule has 3 aromatic rings. The molecule has 0 atom stereocenters. The summed E-state index contributed by atoms with van der Waals surface area (Å²) in [6.07, 6.45) is 0. The lowest BCUT2D eigenvalue weighted by atomic mass is 10.1. The minimum atomic E-state index is -0.336. The molecule has 0 spiro atoms. The van der Waals surface area contributed by atoms with Gasteiger partial charge in [0.15, 0.2) is 0 Å². The third-order valence-corrected chi connectivity index (χ3v) is 4.97. The molecule has 1 aromatic carbocycles. The Morgan fingerprint density at radius 3 is 2.57 bits per heavy atom. The Labute approximate surface area is 143 Å². The minimum Gasteiger partial charge on any atom is -0.457 e. The van der Waals surface area contributed by atoms with Gasteiger partial charge in [0.25, 0.3) is 0 Å². The van der Waals surface area contributed by atoms with E-state index in [9.17, 15) is 4.79 Å². The van der Waals surface area contributed by atoms with Gasteiger partial charge in [-0.25, -0.2) is 14.8 Å². The number of halogens is 1. The first-order valence-electron chi connectivity index (χ1n) is 7.11. The minimum absolute atomic E-state index is 0.216. The first-order chi connectivity index (χ1) is 11.0. The second-order valence-electron chi connectivity index (χ2n) is 5.30. The van der Waals surface area contributed by atoms with Crippen molar-refractivity contribution >= 4 is 39.1 Å². The number of hydrogen-bond donors (Lipinski definition) is 0. The van der Waals surface area contributed by atoms with Crippen LogP contribution in [0.4, 0.5) is 0 Å². The smallest absolute Gasteiger partial charge is 0.349 e. The van der Waals surface area contributed by atoms with Crippen molar-refractivity contribution in [2.24, 2.45) is 0 Å². The summed E-state index contributed by atoms with van der Waals surface area (Å²) in [4.78, 5) is 22.6. The second-order valence-corrected chi connectivity index (χ2v) is 6.73. The van der Waals surface area contributed by atoms with Crippen LogP contribution in [0.25, 0.3) is 10.2 Å². The van der Waals surface area contributed by atoms with Crippen LogP contribution in [-0.4, -0.2) is 15.9 Å². The van der Waals surface area contributed by atoms with E-state index in [2.05, 4.69) is 9.97 Å². The number of esters is 1. The molecule has 0 unspecified atom stereocenters. The number of nitrogens with zero attached hydrogens (tertiary/aromatic N) is 2. The van der Waals surface area contributed by atoms with Gasteiger partial charge in [0, 0.05) is 16.1 Å². The van der Waals surface area contributed by atoms with Gasteiger partial charge in [-0.2, -0.15) is 0 Å². The van der Waals surface area contributed by atoms with Crippen LogP contribution >= 0.6 is 22.9 Å². The normalized spacial score (nSPS) is 11.0. The number of carbonyl (C=O) groups is 1. The molecule has 2 aromatic heterocycles. The number of ether oxygens (including phenoxy) is 1. The van der Waals surface area contributed by atoms with Crippen molar-refractivity contribution in [3.8, 4) is 0 Å². The quantitative estimate of drug-likeness (QED) is 0.649. The summed E-state index contributed by atoms with van der Waals surface area (Å²) in [5, 5.41) is 1.60. The van der Waals surface area contributed by atoms with Gasteiger partial charge < -0.3 is 4.74 Å². The van der Waals surface area contributed by atoms with Gasteiger partial charge in [-0.3, -0.25) is 0 Å². The molecule has 0 fully saturated rings. The molecule has 0 saturated carbocycles. The van der Waals surface area contributed by atoms with Gasteiger partial charge in [-0.15, -0.1) is 11.3 Å². The van der Waals surface area contributed by atoms with Gasteiger partial charge in [-0.05, 0) is 44.0 Å². The predicted molar refractivity (Wildman–Crippen MR) is 92.2 cm³/mol. The third kappa shape index (κ3) is 3.21. The number of rotatable bonds is 3. The van der Waals surface area contributed by atoms with E-state index < -0.39 is 0 Å². The Morgan fingerprint density at radius 2 is 1.87 bits per heavy atom. The van der Waals surface area contributed by atoms with Crippen molar-refractivity contribution in [1.82, 2.24) is 9.97 Å². The Hall–Kier alpha value is -1.98. The summed E-state index contributed by atoms with van der Waals surface area (Å²) in [6.45, 7) is 5.90. The van der Waals surface area contributed by atoms with E-state index in [-0.39, 0.29) is 12.6 Å². The average molecular weight is 347 g/mol. The number of benzene rings is 1. The summed E-state index contributed by atoms with van der Waals surface area (Å²) >= 11 is 7.20. The highest BCUT2D eigenvalue weighted by molar-refractivity contribution is 7.20. The monoisotopic (exact) mass is 346 g/mol. The van der Waals surface area contributed by atoms with Gasteiger partial charge in [0.2, 0.25) is 0 Å². The SMILES string of the molecule is Cc1nc(C)c2c(C)c(C(=O)OCc3ccc(Cl)cc3)sc2n1. The van der Waals surface area contributed by atoms with Crippen molar-refractivity contribution in [3.05, 3.63) is 56.8 Å². The molecule has 0 aliphatic heterocycles. The fraction of sp³-hybridized carbons (Fsp3) is 0.235. The van der Waals surface area contributed by atoms with E-state index in [1.54, 1.807) is 12.1 Å². The van der Waals surface area contributed by atoms with Gasteiger partial charge in [0.1, 0.15) is 22.1 Å². The third-order valence-electron chi connectivity index (χ3n) is 3.55. The molecule has 0 amide bonds. The molecule has 0 N–H and O–H groups in total. The number of hydrogen-bond acceptors (Lipinski definition) is 5. The van der Waals surface area contributed by atoms with E-state index in [4.69, 9.17) is 16.3 Å². The molecular formula is C17H15ClN2O2S. The first-order valence-corrected chi connectivity index (χ1v) is 8.31. The Morgan fingerprint density at radius 1 is 1.17 bits per heavy atom. The topological polar surface area (TPSA) is 52.1 Å². The molecule has 3 rings (SSSR count). The molecule has 6 heteroatoms. The molecule has 118 valence electrons. The lowest BCUT2D eigenvalue weighted by Crippen LogP contribution is -2.04. The molecule has 0 bridgehead atoms. The van der Waals surface area contributed by atoms with Crippen LogP contribution < -0.4 is 0 Å². The van der Waals surface area contributed by atoms with Crippen molar-refractivity contribution in [1.29, 1.82) is 0 Å². The predicted octanol–water partition coefficient (Wildman–Crippen LogP) is 4.63. The number of carbonyl (C=O) groups excluding carboxylic acids is 1. The van der Waals surface area contributed by atoms with Gasteiger partial charge in [0.05, 0.1) is 0 Å². The highest BCUT2D eigenvalue weighted by Gasteiger charge is 2.19. The highest BCUT2D eigenvalue weighted by Crippen LogP contribution is 2.31. The molecule has 0 aliphatic rings. The van der Waals surface area contributed by atoms with Gasteiger partial charge >= 0.3 is 5.97 Å². The molecule has 2 heterocycles. The van der Waals surface area contributed by atoms with Crippen molar-refractivity contribution in [2.75, 3.05) is 0 Å². The van der Waals surface area contributed by atoms with Crippen LogP contribution in [0.15, 0.2) is 24.3 Å². The van der Waals surface area contributed by atoms with E-state index in [0.717, 1.165) is 27.0 Å². The molecule has 4 nitrogen and oxygen atoms in total. The zero-order valence-corrected chi connectivity index (χ0v) is 14.6. The Balaban J connectivity index is 1.85. The maximum atomic E-state index is 12.4. The zero-order valence-electron chi connectivity index (χ0n) is 13.0. The van der Waals surface area contributed by atoms with Crippen molar-refractivity contribution in [2.45, 2.75) is 27.4 Å². The summed E-state index contributed by atoms with van der Waals surface area (Å²) in [7, 11) is 0. The van der Waals surface area contributed by atoms with Crippen LogP contribution in [0.3, 0.4) is 0 Å². The molecule has 23 heavy (non-hydrogen) atoms. The molecule has 0 aliphatic carbocycles. The zero-order chi connectivity index (χ0) is 16.6. The van der Waals surface area contributed by atoms with E-state index >= 15 is 0 Å². The summed E-state index contributed by atoms with van der Waals surface area (Å²) < 4.78 is 5.41. The fourth-order valence-corrected chi connectivity index (χ4v) is 3.76. The van der Waals surface area contributed by atoms with Crippen molar-refractivity contribution in [3.63, 3.8) is 0 Å². The highest BCUT2D eigenvalue weighted by atomic mass is 35.5. The lowest BCUT2D eigenvalue weighted by Gasteiger charge is -2.04. The van der Waals surface area contributed by atoms with E-state index in [1.165, 1.54) is 11.3 Å². The fourth-order valence-electron chi connectivity index (χ4n) is 2.46. The molecular weight excluding hydrogens is 332 g/mol. The van der Waals surface area contributed by atoms with Crippen LogP contribution in [0.2, 0.25) is 5.02 Å². The first kappa shape index (κ1) is 15.9. The van der Waals surface area contributed by atoms with Gasteiger partial charge in [-0.1, -0.05) is 23.7 Å². The van der Waals surface area contributed by atoms with Crippen LogP contribution in [-0.2, 0) is 11.3 Å². The summed E-state index contributed by atoms with van der Waals surface area (Å²) in [5.74, 6) is 0.370. The molecule has 0 radical (unpaired) electrons. The maximum absolute atomic E-state index is 12.4. The van der Waals surface area contributed by atoms with E-state index in [0.29, 0.717) is 15.7 Å². The van der Waals surface area contributed by atoms with E-state index in [1.807, 2.05) is 32.9 Å². The largest absolute Gasteiger partial charge is 0.457 e. The van der Waals surface area contributed by atoms with Crippen LogP contribution in [0, 0.1) is 20.8 Å². The standard InChI is InChI=1S/C17H15ClN2O2S/c1-9-14-10(2)19-11(3)20-16(14)23-15(9)17(21)22-8-12-4-6-13(18)7-5-12/h4-7H,8H2,1-3H3. The maximum Gasteiger partial charge on any atom is 0.349 e. The Kier molecular flexibility index (Phi) is 4.33. The summed E-state index contributed by atoms with van der Waals surface area (Å²) in [6, 6.07) is 7.23. The van der Waals surface area contributed by atoms with Crippen LogP contribution in [0.5, 0.6) is 0 Å². The lowest BCUT2D eigenvalue weighted by molar-refractivity contribution is 0.0478. The number of thiophene rings is 1. The van der Waals surface area contributed by atoms with Crippen LogP contribution in [0.1, 0.15) is 32.3 Å². The average Bonchev–Trinajstić information content (AvgIpc) is 2.83. The second kappa shape index (κ2) is 6.26. The number of aryl methyl sites for hydroxylation is 3.